The second-order valence-corrected chi connectivity index (χ2v) is 4.33. The van der Waals surface area contributed by atoms with Gasteiger partial charge in [0.05, 0.1) is 11.8 Å². The largest absolute Gasteiger partial charge is 0.379 e. The molecule has 5 nitrogen and oxygen atoms in total. The zero-order chi connectivity index (χ0) is 14.8. The third-order valence-electron chi connectivity index (χ3n) is 2.66. The molecule has 2 unspecified atom stereocenters. The maximum absolute atomic E-state index is 9.42. The Labute approximate surface area is 120 Å². The highest BCUT2D eigenvalue weighted by Crippen LogP contribution is 2.24. The zero-order valence-electron chi connectivity index (χ0n) is 12.2. The van der Waals surface area contributed by atoms with Crippen molar-refractivity contribution in [3.05, 3.63) is 30.3 Å². The van der Waals surface area contributed by atoms with E-state index in [1.54, 1.807) is 0 Å². The Bertz CT molecular complexity index is 456. The predicted molar refractivity (Wildman–Crippen MR) is 76.6 cm³/mol. The first-order chi connectivity index (χ1) is 9.65. The van der Waals surface area contributed by atoms with E-state index in [9.17, 15) is 5.26 Å². The van der Waals surface area contributed by atoms with E-state index in [0.717, 1.165) is 0 Å². The number of azo groups is 1. The number of hydrogen-bond donors (Lipinski definition) is 0. The Morgan fingerprint density at radius 1 is 1.25 bits per heavy atom. The topological polar surface area (TPSA) is 67.0 Å². The van der Waals surface area contributed by atoms with E-state index < -0.39 is 5.72 Å². The number of hydrogen-bond acceptors (Lipinski definition) is 5. The molecule has 0 heterocycles. The highest BCUT2D eigenvalue weighted by molar-refractivity contribution is 5.34. The van der Waals surface area contributed by atoms with Crippen LogP contribution < -0.4 is 0 Å². The van der Waals surface area contributed by atoms with Gasteiger partial charge in [-0.3, -0.25) is 0 Å². The fraction of sp³-hybridized carbons (Fsp3) is 0.533. The molecule has 1 rings (SSSR count). The van der Waals surface area contributed by atoms with Gasteiger partial charge in [-0.1, -0.05) is 18.2 Å². The molecule has 0 spiro atoms. The van der Waals surface area contributed by atoms with Gasteiger partial charge in [0.1, 0.15) is 6.07 Å². The Hall–Kier alpha value is -1.77. The van der Waals surface area contributed by atoms with Crippen molar-refractivity contribution in [3.8, 4) is 6.07 Å². The molecule has 0 aliphatic heterocycles. The Morgan fingerprint density at radius 3 is 2.50 bits per heavy atom. The van der Waals surface area contributed by atoms with Gasteiger partial charge in [-0.05, 0) is 32.9 Å². The average Bonchev–Trinajstić information content (AvgIpc) is 2.46. The smallest absolute Gasteiger partial charge is 0.269 e. The minimum Gasteiger partial charge on any atom is -0.379 e. The minimum atomic E-state index is -1.29. The summed E-state index contributed by atoms with van der Waals surface area (Å²) >= 11 is 0. The van der Waals surface area contributed by atoms with Crippen molar-refractivity contribution < 1.29 is 9.47 Å². The van der Waals surface area contributed by atoms with Crippen molar-refractivity contribution >= 4 is 5.69 Å². The Balaban J connectivity index is 2.88. The number of benzene rings is 1. The fourth-order valence-electron chi connectivity index (χ4n) is 1.83. The first-order valence-corrected chi connectivity index (χ1v) is 6.80. The maximum Gasteiger partial charge on any atom is 0.269 e. The van der Waals surface area contributed by atoms with E-state index in [1.807, 2.05) is 51.1 Å². The third-order valence-corrected chi connectivity index (χ3v) is 2.66. The summed E-state index contributed by atoms with van der Waals surface area (Å²) in [6.07, 6.45) is 0.225. The third kappa shape index (κ3) is 5.08. The molecule has 1 aromatic rings. The van der Waals surface area contributed by atoms with E-state index in [2.05, 4.69) is 16.3 Å². The molecule has 108 valence electrons. The monoisotopic (exact) mass is 275 g/mol. The maximum atomic E-state index is 9.42. The van der Waals surface area contributed by atoms with E-state index in [-0.39, 0.29) is 6.10 Å². The van der Waals surface area contributed by atoms with Crippen LogP contribution in [0.5, 0.6) is 0 Å². The van der Waals surface area contributed by atoms with Crippen molar-refractivity contribution in [2.75, 3.05) is 13.2 Å². The van der Waals surface area contributed by atoms with Crippen LogP contribution in [0.15, 0.2) is 40.6 Å². The van der Waals surface area contributed by atoms with Crippen LogP contribution in [0.2, 0.25) is 0 Å². The molecule has 20 heavy (non-hydrogen) atoms. The van der Waals surface area contributed by atoms with Gasteiger partial charge in [0.15, 0.2) is 0 Å². The number of nitriles is 1. The zero-order valence-corrected chi connectivity index (χ0v) is 12.2. The summed E-state index contributed by atoms with van der Waals surface area (Å²) in [7, 11) is 0. The highest BCUT2D eigenvalue weighted by atomic mass is 16.5. The molecular formula is C15H21N3O2. The standard InChI is InChI=1S/C15H21N3O2/c1-4-19-13(3)11-15(12-16,20-5-2)18-17-14-9-7-6-8-10-14/h6-10,13H,4-5,11H2,1-3H3/b18-17+. The van der Waals surface area contributed by atoms with Gasteiger partial charge in [-0.25, -0.2) is 0 Å². The van der Waals surface area contributed by atoms with E-state index in [0.29, 0.717) is 25.3 Å². The quantitative estimate of drug-likeness (QED) is 0.677. The summed E-state index contributed by atoms with van der Waals surface area (Å²) in [6, 6.07) is 11.4. The lowest BCUT2D eigenvalue weighted by molar-refractivity contribution is -0.0418. The summed E-state index contributed by atoms with van der Waals surface area (Å²) in [5.41, 5.74) is -0.602. The van der Waals surface area contributed by atoms with Crippen molar-refractivity contribution in [1.82, 2.24) is 0 Å². The molecule has 0 bridgehead atoms. The first-order valence-electron chi connectivity index (χ1n) is 6.80. The molecule has 0 aliphatic rings. The summed E-state index contributed by atoms with van der Waals surface area (Å²) in [4.78, 5) is 0. The van der Waals surface area contributed by atoms with Gasteiger partial charge < -0.3 is 9.47 Å². The molecule has 1 aromatic carbocycles. The van der Waals surface area contributed by atoms with Crippen LogP contribution in [0.1, 0.15) is 27.2 Å². The SMILES string of the molecule is CCOC(C)CC(C#N)(/N=N/c1ccccc1)OCC. The normalized spacial score (nSPS) is 15.7. The second kappa shape index (κ2) is 8.41. The van der Waals surface area contributed by atoms with Crippen LogP contribution >= 0.6 is 0 Å². The molecular weight excluding hydrogens is 254 g/mol. The predicted octanol–water partition coefficient (Wildman–Crippen LogP) is 3.84. The van der Waals surface area contributed by atoms with Gasteiger partial charge in [0.25, 0.3) is 5.72 Å². The summed E-state index contributed by atoms with van der Waals surface area (Å²) < 4.78 is 11.0. The summed E-state index contributed by atoms with van der Waals surface area (Å²) in [5, 5.41) is 17.6. The van der Waals surface area contributed by atoms with E-state index in [4.69, 9.17) is 9.47 Å². The Kier molecular flexibility index (Phi) is 6.85. The molecule has 5 heteroatoms. The first kappa shape index (κ1) is 16.3. The number of rotatable bonds is 8. The lowest BCUT2D eigenvalue weighted by Crippen LogP contribution is -2.33. The van der Waals surface area contributed by atoms with Crippen molar-refractivity contribution in [3.63, 3.8) is 0 Å². The van der Waals surface area contributed by atoms with E-state index in [1.165, 1.54) is 0 Å². The van der Waals surface area contributed by atoms with Gasteiger partial charge >= 0.3 is 0 Å². The van der Waals surface area contributed by atoms with Gasteiger partial charge in [-0.15, -0.1) is 5.11 Å². The van der Waals surface area contributed by atoms with Crippen molar-refractivity contribution in [1.29, 1.82) is 5.26 Å². The molecule has 0 N–H and O–H groups in total. The molecule has 0 saturated carbocycles. The molecule has 0 aliphatic carbocycles. The summed E-state index contributed by atoms with van der Waals surface area (Å²) in [6.45, 7) is 6.61. The van der Waals surface area contributed by atoms with Gasteiger partial charge in [0.2, 0.25) is 0 Å². The second-order valence-electron chi connectivity index (χ2n) is 4.33. The van der Waals surface area contributed by atoms with Crippen molar-refractivity contribution in [2.24, 2.45) is 10.2 Å². The average molecular weight is 275 g/mol. The molecule has 0 aromatic heterocycles. The Morgan fingerprint density at radius 2 is 1.95 bits per heavy atom. The molecule has 0 saturated heterocycles. The minimum absolute atomic E-state index is 0.124. The van der Waals surface area contributed by atoms with Crippen LogP contribution in [-0.2, 0) is 9.47 Å². The lowest BCUT2D eigenvalue weighted by atomic mass is 10.1. The molecule has 0 fully saturated rings. The lowest BCUT2D eigenvalue weighted by Gasteiger charge is -2.24. The number of nitrogens with zero attached hydrogens (tertiary/aromatic N) is 3. The van der Waals surface area contributed by atoms with Crippen LogP contribution in [-0.4, -0.2) is 25.0 Å². The molecule has 0 amide bonds. The molecule has 2 atom stereocenters. The van der Waals surface area contributed by atoms with Crippen LogP contribution in [0.25, 0.3) is 0 Å². The van der Waals surface area contributed by atoms with Gasteiger partial charge in [0, 0.05) is 19.6 Å². The van der Waals surface area contributed by atoms with Crippen LogP contribution in [0.3, 0.4) is 0 Å². The fourth-order valence-corrected chi connectivity index (χ4v) is 1.83. The van der Waals surface area contributed by atoms with E-state index >= 15 is 0 Å². The van der Waals surface area contributed by atoms with Crippen molar-refractivity contribution in [2.45, 2.75) is 39.0 Å². The van der Waals surface area contributed by atoms with Crippen LogP contribution in [0.4, 0.5) is 5.69 Å². The highest BCUT2D eigenvalue weighted by Gasteiger charge is 2.33. The van der Waals surface area contributed by atoms with Crippen LogP contribution in [0, 0.1) is 11.3 Å². The molecule has 0 radical (unpaired) electrons. The van der Waals surface area contributed by atoms with Gasteiger partial charge in [-0.2, -0.15) is 10.4 Å². The number of ether oxygens (including phenoxy) is 2. The summed E-state index contributed by atoms with van der Waals surface area (Å²) in [5.74, 6) is 0.